The van der Waals surface area contributed by atoms with Crippen LogP contribution in [-0.2, 0) is 9.45 Å². The van der Waals surface area contributed by atoms with Gasteiger partial charge in [0.25, 0.3) is 0 Å². The van der Waals surface area contributed by atoms with Gasteiger partial charge in [-0.1, -0.05) is 43.0 Å². The Labute approximate surface area is 144 Å². The molecule has 1 aliphatic carbocycles. The Morgan fingerprint density at radius 1 is 1.57 bits per heavy atom. The maximum Gasteiger partial charge on any atom is 0.326 e. The van der Waals surface area contributed by atoms with Crippen LogP contribution in [-0.4, -0.2) is 38.2 Å². The van der Waals surface area contributed by atoms with E-state index >= 15 is 0 Å². The van der Waals surface area contributed by atoms with Crippen LogP contribution >= 0.6 is 11.8 Å². The van der Waals surface area contributed by atoms with E-state index in [0.717, 1.165) is 18.5 Å². The van der Waals surface area contributed by atoms with Gasteiger partial charge < -0.3 is 9.97 Å². The summed E-state index contributed by atoms with van der Waals surface area (Å²) in [5.41, 5.74) is 2.13. The summed E-state index contributed by atoms with van der Waals surface area (Å²) in [5, 5.41) is 6.55. The standard InChI is InChI=1S/C17H25BN2O2S/c1-4-15(17(23-3)19-12-16(21)22-18)20-13(2)11-14-9-7-5-6-8-10-14/h4-5,7-10,15,17,19-20H,1-2,6,11-12,18H2,3H3. The number of hydrogen-bond donors (Lipinski definition) is 2. The number of rotatable bonds is 10. The summed E-state index contributed by atoms with van der Waals surface area (Å²) in [4.78, 5) is 11.3. The Morgan fingerprint density at radius 2 is 2.35 bits per heavy atom. The molecule has 0 spiro atoms. The van der Waals surface area contributed by atoms with E-state index in [9.17, 15) is 4.79 Å². The van der Waals surface area contributed by atoms with Crippen LogP contribution in [0, 0.1) is 0 Å². The van der Waals surface area contributed by atoms with E-state index in [-0.39, 0.29) is 23.9 Å². The minimum Gasteiger partial charge on any atom is -0.542 e. The van der Waals surface area contributed by atoms with Crippen molar-refractivity contribution < 1.29 is 9.45 Å². The van der Waals surface area contributed by atoms with E-state index < -0.39 is 0 Å². The molecule has 0 aliphatic heterocycles. The van der Waals surface area contributed by atoms with Crippen molar-refractivity contribution in [1.82, 2.24) is 10.6 Å². The second kappa shape index (κ2) is 11.0. The fourth-order valence-electron chi connectivity index (χ4n) is 2.15. The highest BCUT2D eigenvalue weighted by Gasteiger charge is 2.18. The maximum absolute atomic E-state index is 11.3. The summed E-state index contributed by atoms with van der Waals surface area (Å²) in [6, 6.07) is -0.0342. The summed E-state index contributed by atoms with van der Waals surface area (Å²) in [6.07, 6.45) is 16.1. The van der Waals surface area contributed by atoms with Gasteiger partial charge in [0.2, 0.25) is 0 Å². The topological polar surface area (TPSA) is 50.4 Å². The molecule has 2 N–H and O–H groups in total. The molecule has 0 fully saturated rings. The molecule has 0 aromatic carbocycles. The van der Waals surface area contributed by atoms with Crippen molar-refractivity contribution in [2.24, 2.45) is 0 Å². The smallest absolute Gasteiger partial charge is 0.326 e. The molecule has 0 amide bonds. The molecule has 0 heterocycles. The minimum absolute atomic E-state index is 0.00176. The molecule has 6 heteroatoms. The number of hydrogen-bond acceptors (Lipinski definition) is 5. The third-order valence-corrected chi connectivity index (χ3v) is 4.32. The van der Waals surface area contributed by atoms with Gasteiger partial charge in [-0.3, -0.25) is 10.1 Å². The van der Waals surface area contributed by atoms with Crippen molar-refractivity contribution >= 4 is 25.8 Å². The summed E-state index contributed by atoms with van der Waals surface area (Å²) in [7, 11) is 1.38. The average Bonchev–Trinajstić information content (AvgIpc) is 2.82. The van der Waals surface area contributed by atoms with Crippen LogP contribution in [0.5, 0.6) is 0 Å². The number of allylic oxidation sites excluding steroid dienone is 6. The molecular formula is C17H25BN2O2S. The first-order chi connectivity index (χ1) is 11.1. The molecule has 2 atom stereocenters. The lowest BCUT2D eigenvalue weighted by molar-refractivity contribution is -0.133. The summed E-state index contributed by atoms with van der Waals surface area (Å²) < 4.78 is 4.66. The van der Waals surface area contributed by atoms with Gasteiger partial charge in [-0.05, 0) is 18.2 Å². The molecule has 0 saturated carbocycles. The lowest BCUT2D eigenvalue weighted by Gasteiger charge is -2.26. The molecule has 0 radical (unpaired) electrons. The van der Waals surface area contributed by atoms with E-state index in [1.807, 2.05) is 12.3 Å². The zero-order chi connectivity index (χ0) is 17.1. The highest BCUT2D eigenvalue weighted by atomic mass is 32.2. The van der Waals surface area contributed by atoms with Crippen LogP contribution in [0.15, 0.2) is 60.9 Å². The van der Waals surface area contributed by atoms with Crippen molar-refractivity contribution in [3.05, 3.63) is 60.9 Å². The molecule has 2 unspecified atom stereocenters. The Balaban J connectivity index is 2.57. The summed E-state index contributed by atoms with van der Waals surface area (Å²) in [5.74, 6) is -0.286. The summed E-state index contributed by atoms with van der Waals surface area (Å²) >= 11 is 1.61. The molecule has 1 rings (SSSR count). The molecule has 0 saturated heterocycles. The predicted octanol–water partition coefficient (Wildman–Crippen LogP) is 1.85. The van der Waals surface area contributed by atoms with Crippen LogP contribution in [0.4, 0.5) is 0 Å². The van der Waals surface area contributed by atoms with Crippen LogP contribution in [0.1, 0.15) is 12.8 Å². The zero-order valence-corrected chi connectivity index (χ0v) is 14.7. The lowest BCUT2D eigenvalue weighted by Crippen LogP contribution is -2.46. The van der Waals surface area contributed by atoms with Crippen molar-refractivity contribution in [3.63, 3.8) is 0 Å². The van der Waals surface area contributed by atoms with Gasteiger partial charge in [0, 0.05) is 12.1 Å². The molecule has 1 aliphatic rings. The normalized spacial score (nSPS) is 16.0. The zero-order valence-electron chi connectivity index (χ0n) is 13.9. The van der Waals surface area contributed by atoms with E-state index in [2.05, 4.69) is 58.8 Å². The van der Waals surface area contributed by atoms with Crippen molar-refractivity contribution in [3.8, 4) is 0 Å². The number of nitrogens with one attached hydrogen (secondary N) is 2. The highest BCUT2D eigenvalue weighted by molar-refractivity contribution is 7.99. The van der Waals surface area contributed by atoms with Gasteiger partial charge in [0.15, 0.2) is 0 Å². The molecule has 0 bridgehead atoms. The molecule has 23 heavy (non-hydrogen) atoms. The molecule has 0 aromatic heterocycles. The Kier molecular flexibility index (Phi) is 9.25. The molecule has 124 valence electrons. The van der Waals surface area contributed by atoms with Gasteiger partial charge in [-0.15, -0.1) is 18.3 Å². The van der Waals surface area contributed by atoms with Crippen LogP contribution < -0.4 is 10.6 Å². The third kappa shape index (κ3) is 7.44. The second-order valence-corrected chi connectivity index (χ2v) is 6.09. The lowest BCUT2D eigenvalue weighted by atomic mass is 10.1. The first-order valence-electron chi connectivity index (χ1n) is 7.52. The van der Waals surface area contributed by atoms with E-state index in [0.29, 0.717) is 0 Å². The highest BCUT2D eigenvalue weighted by Crippen LogP contribution is 2.16. The second-order valence-electron chi connectivity index (χ2n) is 5.11. The number of carbonyl (C=O) groups excluding carboxylic acids is 1. The molecule has 0 aromatic rings. The number of carbonyl (C=O) groups is 1. The quantitative estimate of drug-likeness (QED) is 0.363. The Bertz CT molecular complexity index is 515. The monoisotopic (exact) mass is 332 g/mol. The Hall–Kier alpha value is -1.66. The largest absolute Gasteiger partial charge is 0.542 e. The van der Waals surface area contributed by atoms with Gasteiger partial charge in [-0.2, -0.15) is 0 Å². The van der Waals surface area contributed by atoms with E-state index in [4.69, 9.17) is 0 Å². The SMILES string of the molecule is BOC(=O)CNC(SC)C(C=C)NC(=C)CC1=CC=CCC=C1. The fourth-order valence-corrected chi connectivity index (χ4v) is 2.87. The van der Waals surface area contributed by atoms with Gasteiger partial charge in [0.1, 0.15) is 0 Å². The van der Waals surface area contributed by atoms with Crippen LogP contribution in [0.2, 0.25) is 0 Å². The van der Waals surface area contributed by atoms with Crippen molar-refractivity contribution in [2.45, 2.75) is 24.3 Å². The first kappa shape index (κ1) is 19.4. The van der Waals surface area contributed by atoms with Gasteiger partial charge in [0.05, 0.1) is 18.0 Å². The van der Waals surface area contributed by atoms with E-state index in [1.54, 1.807) is 11.8 Å². The Morgan fingerprint density at radius 3 is 3.00 bits per heavy atom. The van der Waals surface area contributed by atoms with Crippen LogP contribution in [0.3, 0.4) is 0 Å². The first-order valence-corrected chi connectivity index (χ1v) is 8.81. The van der Waals surface area contributed by atoms with Crippen LogP contribution in [0.25, 0.3) is 0 Å². The maximum atomic E-state index is 11.3. The van der Waals surface area contributed by atoms with Crippen molar-refractivity contribution in [1.29, 1.82) is 0 Å². The van der Waals surface area contributed by atoms with E-state index in [1.165, 1.54) is 13.6 Å². The predicted molar refractivity (Wildman–Crippen MR) is 102 cm³/mol. The average molecular weight is 332 g/mol. The summed E-state index contributed by atoms with van der Waals surface area (Å²) in [6.45, 7) is 8.15. The fraction of sp³-hybridized carbons (Fsp3) is 0.353. The third-order valence-electron chi connectivity index (χ3n) is 3.35. The van der Waals surface area contributed by atoms with Crippen molar-refractivity contribution in [2.75, 3.05) is 12.8 Å². The van der Waals surface area contributed by atoms with Gasteiger partial charge in [-0.25, -0.2) is 0 Å². The molecular weight excluding hydrogens is 307 g/mol. The minimum atomic E-state index is -0.286. The van der Waals surface area contributed by atoms with Gasteiger partial charge >= 0.3 is 14.0 Å². The molecule has 4 nitrogen and oxygen atoms in total. The number of thioether (sulfide) groups is 1.